The number of aromatic nitrogens is 1. The van der Waals surface area contributed by atoms with E-state index < -0.39 is 10.0 Å². The van der Waals surface area contributed by atoms with Gasteiger partial charge >= 0.3 is 0 Å². The molecule has 0 unspecified atom stereocenters. The third kappa shape index (κ3) is 5.56. The van der Waals surface area contributed by atoms with Crippen molar-refractivity contribution in [3.8, 4) is 11.5 Å². The molecule has 1 saturated heterocycles. The first-order chi connectivity index (χ1) is 17.4. The van der Waals surface area contributed by atoms with E-state index in [4.69, 9.17) is 14.5 Å². The van der Waals surface area contributed by atoms with Gasteiger partial charge in [0, 0.05) is 43.9 Å². The molecule has 3 heterocycles. The number of thiazole rings is 1. The zero-order valence-corrected chi connectivity index (χ0v) is 23.3. The maximum Gasteiger partial charge on any atom is 0.260 e. The Morgan fingerprint density at radius 1 is 1.03 bits per heavy atom. The van der Waals surface area contributed by atoms with Gasteiger partial charge in [0.05, 0.1) is 15.1 Å². The zero-order valence-electron chi connectivity index (χ0n) is 20.9. The van der Waals surface area contributed by atoms with Crippen LogP contribution in [0.15, 0.2) is 41.3 Å². The van der Waals surface area contributed by atoms with Crippen LogP contribution in [0, 0.1) is 0 Å². The summed E-state index contributed by atoms with van der Waals surface area (Å²) in [7, 11) is -3.54. The summed E-state index contributed by atoms with van der Waals surface area (Å²) >= 11 is 1.42. The lowest BCUT2D eigenvalue weighted by Crippen LogP contribution is -2.38. The number of rotatable bonds is 9. The average Bonchev–Trinajstić information content (AvgIpc) is 3.66. The minimum atomic E-state index is -3.54. The van der Waals surface area contributed by atoms with Gasteiger partial charge in [0.25, 0.3) is 5.91 Å². The summed E-state index contributed by atoms with van der Waals surface area (Å²) in [5, 5.41) is 0.583. The lowest BCUT2D eigenvalue weighted by molar-refractivity contribution is 0.0983. The molecule has 0 bridgehead atoms. The summed E-state index contributed by atoms with van der Waals surface area (Å²) in [6.45, 7) is 8.37. The minimum Gasteiger partial charge on any atom is -0.454 e. The number of sulfonamides is 1. The van der Waals surface area contributed by atoms with Crippen molar-refractivity contribution in [2.24, 2.45) is 0 Å². The number of carbonyl (C=O) groups excluding carboxylic acids is 1. The number of hydrogen-bond donors (Lipinski definition) is 0. The van der Waals surface area contributed by atoms with Crippen molar-refractivity contribution in [3.63, 3.8) is 0 Å². The number of hydrogen-bond acceptors (Lipinski definition) is 8. The van der Waals surface area contributed by atoms with Gasteiger partial charge in [-0.1, -0.05) is 25.2 Å². The molecule has 37 heavy (non-hydrogen) atoms. The van der Waals surface area contributed by atoms with Crippen LogP contribution >= 0.6 is 23.7 Å². The summed E-state index contributed by atoms with van der Waals surface area (Å²) in [5.41, 5.74) is 1.16. The molecular weight excluding hydrogens is 536 g/mol. The molecule has 1 aromatic heterocycles. The standard InChI is InChI=1S/C25H30N4O5S2.ClH/c1-3-27(4-2)13-14-29(25-26-20-15-21-22(34-17-33-21)16-23(20)35-25)24(30)18-7-9-19(10-8-18)36(31,32)28-11-5-6-12-28;/h7-10,15-16H,3-6,11-14,17H2,1-2H3;1H. The number of amides is 1. The summed E-state index contributed by atoms with van der Waals surface area (Å²) in [6, 6.07) is 9.98. The Kier molecular flexibility index (Phi) is 8.59. The van der Waals surface area contributed by atoms with E-state index in [1.54, 1.807) is 17.0 Å². The highest BCUT2D eigenvalue weighted by Crippen LogP contribution is 2.40. The summed E-state index contributed by atoms with van der Waals surface area (Å²) in [5.74, 6) is 1.11. The second-order valence-corrected chi connectivity index (χ2v) is 11.7. The maximum atomic E-state index is 13.7. The van der Waals surface area contributed by atoms with Gasteiger partial charge in [0.2, 0.25) is 16.8 Å². The third-order valence-electron chi connectivity index (χ3n) is 6.69. The number of likely N-dealkylation sites (N-methyl/N-ethyl adjacent to an activating group) is 1. The first-order valence-corrected chi connectivity index (χ1v) is 14.5. The molecule has 3 aromatic rings. The maximum absolute atomic E-state index is 13.7. The molecule has 9 nitrogen and oxygen atoms in total. The molecule has 0 N–H and O–H groups in total. The highest BCUT2D eigenvalue weighted by atomic mass is 35.5. The molecule has 2 aromatic carbocycles. The fraction of sp³-hybridized carbons (Fsp3) is 0.440. The van der Waals surface area contributed by atoms with Gasteiger partial charge in [-0.2, -0.15) is 4.31 Å². The summed E-state index contributed by atoms with van der Waals surface area (Å²) < 4.78 is 39.2. The van der Waals surface area contributed by atoms with Gasteiger partial charge in [-0.3, -0.25) is 9.69 Å². The van der Waals surface area contributed by atoms with E-state index in [-0.39, 0.29) is 30.0 Å². The average molecular weight is 567 g/mol. The van der Waals surface area contributed by atoms with Gasteiger partial charge in [-0.15, -0.1) is 12.4 Å². The van der Waals surface area contributed by atoms with Crippen LogP contribution < -0.4 is 14.4 Å². The van der Waals surface area contributed by atoms with Crippen molar-refractivity contribution < 1.29 is 22.7 Å². The molecule has 0 atom stereocenters. The predicted octanol–water partition coefficient (Wildman–Crippen LogP) is 4.22. The van der Waals surface area contributed by atoms with Crippen molar-refractivity contribution in [2.45, 2.75) is 31.6 Å². The van der Waals surface area contributed by atoms with Crippen LogP contribution in [0.25, 0.3) is 10.2 Å². The Bertz CT molecular complexity index is 1310. The van der Waals surface area contributed by atoms with E-state index in [0.29, 0.717) is 48.4 Å². The van der Waals surface area contributed by atoms with Crippen LogP contribution in [0.5, 0.6) is 11.5 Å². The van der Waals surface area contributed by atoms with Crippen LogP contribution in [0.2, 0.25) is 0 Å². The van der Waals surface area contributed by atoms with E-state index in [0.717, 1.165) is 36.1 Å². The van der Waals surface area contributed by atoms with Gasteiger partial charge in [-0.05, 0) is 50.2 Å². The Balaban J connectivity index is 0.00000320. The fourth-order valence-corrected chi connectivity index (χ4v) is 7.01. The van der Waals surface area contributed by atoms with E-state index in [2.05, 4.69) is 18.7 Å². The smallest absolute Gasteiger partial charge is 0.260 e. The number of carbonyl (C=O) groups is 1. The summed E-state index contributed by atoms with van der Waals surface area (Å²) in [6.07, 6.45) is 1.75. The van der Waals surface area contributed by atoms with Crippen molar-refractivity contribution in [2.75, 3.05) is 51.0 Å². The number of anilines is 1. The quantitative estimate of drug-likeness (QED) is 0.383. The molecule has 1 amide bonds. The van der Waals surface area contributed by atoms with Crippen LogP contribution in [0.4, 0.5) is 5.13 Å². The largest absolute Gasteiger partial charge is 0.454 e. The Hall–Kier alpha value is -2.44. The Labute approximate surface area is 227 Å². The number of fused-ring (bicyclic) bond motifs is 2. The highest BCUT2D eigenvalue weighted by molar-refractivity contribution is 7.89. The number of nitrogens with zero attached hydrogens (tertiary/aromatic N) is 4. The second kappa shape index (κ2) is 11.5. The molecule has 2 aliphatic rings. The van der Waals surface area contributed by atoms with Crippen LogP contribution in [0.1, 0.15) is 37.0 Å². The van der Waals surface area contributed by atoms with Crippen LogP contribution in [-0.2, 0) is 10.0 Å². The normalized spacial score (nSPS) is 15.3. The Morgan fingerprint density at radius 2 is 1.68 bits per heavy atom. The first kappa shape index (κ1) is 27.6. The first-order valence-electron chi connectivity index (χ1n) is 12.3. The van der Waals surface area contributed by atoms with Crippen molar-refractivity contribution >= 4 is 55.0 Å². The monoisotopic (exact) mass is 566 g/mol. The van der Waals surface area contributed by atoms with Gasteiger partial charge in [0.15, 0.2) is 16.6 Å². The van der Waals surface area contributed by atoms with E-state index >= 15 is 0 Å². The molecular formula is C25H31ClN4O5S2. The van der Waals surface area contributed by atoms with Gasteiger partial charge in [0.1, 0.15) is 0 Å². The van der Waals surface area contributed by atoms with Gasteiger partial charge < -0.3 is 14.4 Å². The SMILES string of the molecule is CCN(CC)CCN(C(=O)c1ccc(S(=O)(=O)N2CCCC2)cc1)c1nc2cc3c(cc2s1)OCO3.Cl. The number of halogens is 1. The molecule has 5 rings (SSSR count). The van der Waals surface area contributed by atoms with E-state index in [1.165, 1.54) is 27.8 Å². The lowest BCUT2D eigenvalue weighted by Gasteiger charge is -2.25. The third-order valence-corrected chi connectivity index (χ3v) is 9.64. The number of benzene rings is 2. The van der Waals surface area contributed by atoms with Crippen LogP contribution in [-0.4, -0.2) is 74.6 Å². The highest BCUT2D eigenvalue weighted by Gasteiger charge is 2.28. The molecule has 1 fully saturated rings. The molecule has 0 spiro atoms. The molecule has 0 radical (unpaired) electrons. The Morgan fingerprint density at radius 3 is 2.32 bits per heavy atom. The molecule has 0 saturated carbocycles. The minimum absolute atomic E-state index is 0. The zero-order chi connectivity index (χ0) is 25.3. The summed E-state index contributed by atoms with van der Waals surface area (Å²) in [4.78, 5) is 22.6. The van der Waals surface area contributed by atoms with Crippen molar-refractivity contribution in [1.29, 1.82) is 0 Å². The molecule has 12 heteroatoms. The molecule has 2 aliphatic heterocycles. The van der Waals surface area contributed by atoms with E-state index in [9.17, 15) is 13.2 Å². The predicted molar refractivity (Wildman–Crippen MR) is 147 cm³/mol. The molecule has 0 aliphatic carbocycles. The number of ether oxygens (including phenoxy) is 2. The van der Waals surface area contributed by atoms with Crippen molar-refractivity contribution in [3.05, 3.63) is 42.0 Å². The lowest BCUT2D eigenvalue weighted by atomic mass is 10.2. The fourth-order valence-electron chi connectivity index (χ4n) is 4.49. The van der Waals surface area contributed by atoms with E-state index in [1.807, 2.05) is 12.1 Å². The second-order valence-electron chi connectivity index (χ2n) is 8.79. The van der Waals surface area contributed by atoms with Crippen molar-refractivity contribution in [1.82, 2.24) is 14.2 Å². The van der Waals surface area contributed by atoms with Gasteiger partial charge in [-0.25, -0.2) is 13.4 Å². The van der Waals surface area contributed by atoms with Crippen LogP contribution in [0.3, 0.4) is 0 Å². The molecule has 200 valence electrons. The topological polar surface area (TPSA) is 92.3 Å².